The largest absolute Gasteiger partial charge is 0.265 e. The smallest absolute Gasteiger partial charge is 0.155 e. The highest BCUT2D eigenvalue weighted by Gasteiger charge is 2.09. The number of fused-ring (bicyclic) bond motifs is 2. The van der Waals surface area contributed by atoms with Gasteiger partial charge in [-0.1, -0.05) is 6.07 Å². The van der Waals surface area contributed by atoms with E-state index in [4.69, 9.17) is 0 Å². The Labute approximate surface area is 142 Å². The number of hydrogen-bond donors (Lipinski definition) is 1. The number of pyridine rings is 2. The molecule has 0 radical (unpaired) electrons. The van der Waals surface area contributed by atoms with E-state index in [0.29, 0.717) is 0 Å². The van der Waals surface area contributed by atoms with E-state index in [-0.39, 0.29) is 0 Å². The molecule has 0 aliphatic carbocycles. The van der Waals surface area contributed by atoms with Crippen molar-refractivity contribution in [3.63, 3.8) is 0 Å². The average molecular weight is 324 g/mol. The Bertz CT molecular complexity index is 1200. The Morgan fingerprint density at radius 1 is 0.760 bits per heavy atom. The SMILES string of the molecule is c1cc(-c2ncnc3ccc(-c4cnc5[nH]ncc5c4)cc23)ccn1. The molecule has 25 heavy (non-hydrogen) atoms. The molecule has 5 rings (SSSR count). The van der Waals surface area contributed by atoms with Crippen LogP contribution >= 0.6 is 0 Å². The molecule has 0 bridgehead atoms. The molecule has 6 nitrogen and oxygen atoms in total. The molecule has 0 atom stereocenters. The third-order valence-corrected chi connectivity index (χ3v) is 4.21. The number of H-pyrrole nitrogens is 1. The molecule has 6 heteroatoms. The minimum Gasteiger partial charge on any atom is -0.265 e. The van der Waals surface area contributed by atoms with Gasteiger partial charge in [0.2, 0.25) is 0 Å². The Balaban J connectivity index is 1.72. The molecule has 0 saturated heterocycles. The van der Waals surface area contributed by atoms with E-state index in [9.17, 15) is 0 Å². The molecule has 0 unspecified atom stereocenters. The van der Waals surface area contributed by atoms with Crippen molar-refractivity contribution in [3.8, 4) is 22.4 Å². The van der Waals surface area contributed by atoms with E-state index in [0.717, 1.165) is 44.3 Å². The highest BCUT2D eigenvalue weighted by Crippen LogP contribution is 2.30. The van der Waals surface area contributed by atoms with E-state index < -0.39 is 0 Å². The molecule has 1 aromatic carbocycles. The highest BCUT2D eigenvalue weighted by molar-refractivity contribution is 5.95. The molecule has 0 spiro atoms. The maximum atomic E-state index is 4.48. The Morgan fingerprint density at radius 2 is 1.68 bits per heavy atom. The summed E-state index contributed by atoms with van der Waals surface area (Å²) in [5.74, 6) is 0. The van der Waals surface area contributed by atoms with Crippen molar-refractivity contribution in [1.29, 1.82) is 0 Å². The molecule has 4 aromatic heterocycles. The summed E-state index contributed by atoms with van der Waals surface area (Å²) in [6.45, 7) is 0. The zero-order valence-corrected chi connectivity index (χ0v) is 13.1. The molecular weight excluding hydrogens is 312 g/mol. The second-order valence-electron chi connectivity index (χ2n) is 5.72. The zero-order chi connectivity index (χ0) is 16.6. The van der Waals surface area contributed by atoms with Gasteiger partial charge in [0, 0.05) is 40.5 Å². The first-order valence-corrected chi connectivity index (χ1v) is 7.83. The van der Waals surface area contributed by atoms with Crippen LogP contribution < -0.4 is 0 Å². The maximum Gasteiger partial charge on any atom is 0.155 e. The molecule has 4 heterocycles. The van der Waals surface area contributed by atoms with Crippen molar-refractivity contribution < 1.29 is 0 Å². The quantitative estimate of drug-likeness (QED) is 0.536. The number of nitrogens with zero attached hydrogens (tertiary/aromatic N) is 5. The van der Waals surface area contributed by atoms with Crippen molar-refractivity contribution in [3.05, 3.63) is 67.5 Å². The molecule has 1 N–H and O–H groups in total. The van der Waals surface area contributed by atoms with Gasteiger partial charge >= 0.3 is 0 Å². The van der Waals surface area contributed by atoms with Crippen molar-refractivity contribution in [2.24, 2.45) is 0 Å². The topological polar surface area (TPSA) is 80.2 Å². The molecule has 0 aliphatic rings. The van der Waals surface area contributed by atoms with E-state index in [1.807, 2.05) is 24.4 Å². The first-order chi connectivity index (χ1) is 12.4. The van der Waals surface area contributed by atoms with Crippen molar-refractivity contribution in [2.45, 2.75) is 0 Å². The lowest BCUT2D eigenvalue weighted by molar-refractivity contribution is 1.10. The summed E-state index contributed by atoms with van der Waals surface area (Å²) < 4.78 is 0. The van der Waals surface area contributed by atoms with Crippen molar-refractivity contribution >= 4 is 21.9 Å². The van der Waals surface area contributed by atoms with Gasteiger partial charge in [-0.05, 0) is 35.9 Å². The van der Waals surface area contributed by atoms with E-state index >= 15 is 0 Å². The number of benzene rings is 1. The van der Waals surface area contributed by atoms with Crippen molar-refractivity contribution in [2.75, 3.05) is 0 Å². The molecule has 0 saturated carbocycles. The fourth-order valence-corrected chi connectivity index (χ4v) is 2.97. The number of hydrogen-bond acceptors (Lipinski definition) is 5. The van der Waals surface area contributed by atoms with Gasteiger partial charge in [-0.25, -0.2) is 15.0 Å². The average Bonchev–Trinajstić information content (AvgIpc) is 3.15. The number of aromatic nitrogens is 6. The second kappa shape index (κ2) is 5.45. The van der Waals surface area contributed by atoms with Gasteiger partial charge in [0.15, 0.2) is 5.65 Å². The molecule has 5 aromatic rings. The lowest BCUT2D eigenvalue weighted by Gasteiger charge is -2.08. The summed E-state index contributed by atoms with van der Waals surface area (Å²) in [5, 5.41) is 8.88. The molecular formula is C19H12N6. The van der Waals surface area contributed by atoms with Crippen LogP contribution in [-0.4, -0.2) is 30.1 Å². The number of rotatable bonds is 2. The van der Waals surface area contributed by atoms with Gasteiger partial charge in [-0.2, -0.15) is 5.10 Å². The van der Waals surface area contributed by atoms with Gasteiger partial charge in [0.1, 0.15) is 6.33 Å². The van der Waals surface area contributed by atoms with E-state index in [1.165, 1.54) is 0 Å². The van der Waals surface area contributed by atoms with Crippen LogP contribution in [0.5, 0.6) is 0 Å². The predicted octanol–water partition coefficient (Wildman–Crippen LogP) is 3.63. The molecule has 0 amide bonds. The normalized spacial score (nSPS) is 11.2. The van der Waals surface area contributed by atoms with Gasteiger partial charge in [-0.3, -0.25) is 10.1 Å². The summed E-state index contributed by atoms with van der Waals surface area (Å²) in [7, 11) is 0. The highest BCUT2D eigenvalue weighted by atomic mass is 15.1. The van der Waals surface area contributed by atoms with Gasteiger partial charge in [-0.15, -0.1) is 0 Å². The summed E-state index contributed by atoms with van der Waals surface area (Å²) in [6.07, 6.45) is 8.75. The minimum absolute atomic E-state index is 0.783. The van der Waals surface area contributed by atoms with E-state index in [2.05, 4.69) is 48.3 Å². The van der Waals surface area contributed by atoms with Crippen LogP contribution in [0.1, 0.15) is 0 Å². The third-order valence-electron chi connectivity index (χ3n) is 4.21. The number of aromatic amines is 1. The summed E-state index contributed by atoms with van der Waals surface area (Å²) in [5.41, 5.74) is 5.69. The lowest BCUT2D eigenvalue weighted by atomic mass is 10.0. The number of nitrogens with one attached hydrogen (secondary N) is 1. The Hall–Kier alpha value is -3.67. The first kappa shape index (κ1) is 13.7. The monoisotopic (exact) mass is 324 g/mol. The van der Waals surface area contributed by atoms with Gasteiger partial charge < -0.3 is 0 Å². The summed E-state index contributed by atoms with van der Waals surface area (Å²) >= 11 is 0. The minimum atomic E-state index is 0.783. The fraction of sp³-hybridized carbons (Fsp3) is 0. The lowest BCUT2D eigenvalue weighted by Crippen LogP contribution is -1.90. The van der Waals surface area contributed by atoms with Crippen LogP contribution in [-0.2, 0) is 0 Å². The van der Waals surface area contributed by atoms with Gasteiger partial charge in [0.05, 0.1) is 17.4 Å². The predicted molar refractivity (Wildman–Crippen MR) is 95.7 cm³/mol. The summed E-state index contributed by atoms with van der Waals surface area (Å²) in [4.78, 5) is 17.4. The fourth-order valence-electron chi connectivity index (χ4n) is 2.97. The van der Waals surface area contributed by atoms with Crippen LogP contribution in [0.3, 0.4) is 0 Å². The van der Waals surface area contributed by atoms with Crippen molar-refractivity contribution in [1.82, 2.24) is 30.1 Å². The maximum absolute atomic E-state index is 4.48. The second-order valence-corrected chi connectivity index (χ2v) is 5.72. The molecule has 0 fully saturated rings. The van der Waals surface area contributed by atoms with Crippen LogP contribution in [0.15, 0.2) is 67.5 Å². The summed E-state index contributed by atoms with van der Waals surface area (Å²) in [6, 6.07) is 12.1. The first-order valence-electron chi connectivity index (χ1n) is 7.83. The molecule has 118 valence electrons. The molecule has 0 aliphatic heterocycles. The Morgan fingerprint density at radius 3 is 2.60 bits per heavy atom. The third kappa shape index (κ3) is 2.31. The van der Waals surface area contributed by atoms with Crippen LogP contribution in [0.25, 0.3) is 44.3 Å². The van der Waals surface area contributed by atoms with Crippen LogP contribution in [0.2, 0.25) is 0 Å². The van der Waals surface area contributed by atoms with Crippen LogP contribution in [0, 0.1) is 0 Å². The van der Waals surface area contributed by atoms with E-state index in [1.54, 1.807) is 24.9 Å². The Kier molecular flexibility index (Phi) is 3.00. The standard InChI is InChI=1S/C19H12N6/c1-2-17-16(18(23-11-22-17)12-3-5-20-6-4-12)8-13(1)14-7-15-10-24-25-19(15)21-9-14/h1-11H,(H,21,24,25). The zero-order valence-electron chi connectivity index (χ0n) is 13.1. The van der Waals surface area contributed by atoms with Gasteiger partial charge in [0.25, 0.3) is 0 Å². The van der Waals surface area contributed by atoms with Crippen LogP contribution in [0.4, 0.5) is 0 Å².